The Balaban J connectivity index is 2.08. The number of amides is 3. The third kappa shape index (κ3) is 3.32. The van der Waals surface area contributed by atoms with E-state index >= 15 is 0 Å². The van der Waals surface area contributed by atoms with Gasteiger partial charge in [0.2, 0.25) is 5.91 Å². The minimum absolute atomic E-state index is 0.166. The molecule has 0 saturated carbocycles. The van der Waals surface area contributed by atoms with Gasteiger partial charge in [-0.05, 0) is 24.1 Å². The van der Waals surface area contributed by atoms with Crippen molar-refractivity contribution in [2.24, 2.45) is 0 Å². The van der Waals surface area contributed by atoms with E-state index in [9.17, 15) is 14.4 Å². The fraction of sp³-hybridized carbons (Fsp3) is 0.214. The maximum atomic E-state index is 12.1. The molecule has 3 amide bonds. The third-order valence-corrected chi connectivity index (χ3v) is 4.14. The number of benzene rings is 1. The van der Waals surface area contributed by atoms with Crippen LogP contribution in [0.4, 0.5) is 4.79 Å². The standard InChI is InChI=1S/C14H14N2O4S/c1-2-3-11-13(18)16(14(19)21-11)8-9-4-6-10(7-5-9)12(17)15-20/h2,4-7,11,20H,1,3,8H2,(H,15,17). The highest BCUT2D eigenvalue weighted by Crippen LogP contribution is 2.30. The summed E-state index contributed by atoms with van der Waals surface area (Å²) in [4.78, 5) is 36.3. The van der Waals surface area contributed by atoms with E-state index in [4.69, 9.17) is 5.21 Å². The predicted molar refractivity (Wildman–Crippen MR) is 77.8 cm³/mol. The van der Waals surface area contributed by atoms with Gasteiger partial charge in [0.25, 0.3) is 11.1 Å². The van der Waals surface area contributed by atoms with Crippen molar-refractivity contribution < 1.29 is 19.6 Å². The summed E-state index contributed by atoms with van der Waals surface area (Å²) in [6.07, 6.45) is 2.08. The Kier molecular flexibility index (Phi) is 4.77. The van der Waals surface area contributed by atoms with Crippen molar-refractivity contribution in [1.29, 1.82) is 0 Å². The third-order valence-electron chi connectivity index (χ3n) is 3.04. The number of nitrogens with zero attached hydrogens (tertiary/aromatic N) is 1. The summed E-state index contributed by atoms with van der Waals surface area (Å²) in [5, 5.41) is 7.86. The Bertz CT molecular complexity index is 585. The van der Waals surface area contributed by atoms with E-state index in [2.05, 4.69) is 6.58 Å². The first-order valence-electron chi connectivity index (χ1n) is 6.23. The number of thioether (sulfide) groups is 1. The zero-order valence-electron chi connectivity index (χ0n) is 11.1. The summed E-state index contributed by atoms with van der Waals surface area (Å²) in [6, 6.07) is 6.30. The lowest BCUT2D eigenvalue weighted by atomic mass is 10.1. The van der Waals surface area contributed by atoms with Crippen molar-refractivity contribution in [1.82, 2.24) is 10.4 Å². The van der Waals surface area contributed by atoms with Crippen LogP contribution in [-0.4, -0.2) is 32.4 Å². The van der Waals surface area contributed by atoms with Crippen molar-refractivity contribution in [3.63, 3.8) is 0 Å². The van der Waals surface area contributed by atoms with Gasteiger partial charge < -0.3 is 0 Å². The second-order valence-corrected chi connectivity index (χ2v) is 5.61. The zero-order chi connectivity index (χ0) is 15.4. The fourth-order valence-corrected chi connectivity index (χ4v) is 2.94. The number of imide groups is 1. The van der Waals surface area contributed by atoms with Crippen LogP contribution in [0.15, 0.2) is 36.9 Å². The van der Waals surface area contributed by atoms with Gasteiger partial charge >= 0.3 is 0 Å². The Labute approximate surface area is 125 Å². The molecule has 1 heterocycles. The number of hydroxylamine groups is 1. The lowest BCUT2D eigenvalue weighted by Crippen LogP contribution is -2.30. The zero-order valence-corrected chi connectivity index (χ0v) is 11.9. The second kappa shape index (κ2) is 6.55. The summed E-state index contributed by atoms with van der Waals surface area (Å²) in [6.45, 7) is 3.74. The molecule has 1 fully saturated rings. The van der Waals surface area contributed by atoms with Crippen LogP contribution >= 0.6 is 11.8 Å². The minimum Gasteiger partial charge on any atom is -0.288 e. The first kappa shape index (κ1) is 15.3. The van der Waals surface area contributed by atoms with Gasteiger partial charge in [-0.3, -0.25) is 24.5 Å². The molecule has 110 valence electrons. The van der Waals surface area contributed by atoms with Gasteiger partial charge in [0, 0.05) is 5.56 Å². The lowest BCUT2D eigenvalue weighted by Gasteiger charge is -2.13. The van der Waals surface area contributed by atoms with Gasteiger partial charge in [-0.25, -0.2) is 5.48 Å². The van der Waals surface area contributed by atoms with Crippen LogP contribution in [0.2, 0.25) is 0 Å². The van der Waals surface area contributed by atoms with E-state index < -0.39 is 11.2 Å². The molecule has 0 bridgehead atoms. The number of rotatable bonds is 5. The maximum Gasteiger partial charge on any atom is 0.289 e. The Morgan fingerprint density at radius 1 is 1.38 bits per heavy atom. The molecule has 1 unspecified atom stereocenters. The molecule has 1 atom stereocenters. The van der Waals surface area contributed by atoms with Crippen LogP contribution in [-0.2, 0) is 11.3 Å². The summed E-state index contributed by atoms with van der Waals surface area (Å²) in [5.41, 5.74) is 2.56. The van der Waals surface area contributed by atoms with Crippen LogP contribution in [0, 0.1) is 0 Å². The number of carbonyl (C=O) groups excluding carboxylic acids is 3. The largest absolute Gasteiger partial charge is 0.289 e. The normalized spacial score (nSPS) is 18.0. The van der Waals surface area contributed by atoms with Crippen molar-refractivity contribution in [3.8, 4) is 0 Å². The average molecular weight is 306 g/mol. The molecule has 1 aliphatic rings. The number of carbonyl (C=O) groups is 3. The number of allylic oxidation sites excluding steroid dienone is 1. The maximum absolute atomic E-state index is 12.1. The summed E-state index contributed by atoms with van der Waals surface area (Å²) < 4.78 is 0. The van der Waals surface area contributed by atoms with E-state index in [-0.39, 0.29) is 17.7 Å². The smallest absolute Gasteiger partial charge is 0.288 e. The second-order valence-electron chi connectivity index (χ2n) is 4.46. The molecule has 1 saturated heterocycles. The highest BCUT2D eigenvalue weighted by Gasteiger charge is 2.38. The van der Waals surface area contributed by atoms with Gasteiger partial charge in [-0.2, -0.15) is 0 Å². The van der Waals surface area contributed by atoms with E-state index in [0.717, 1.165) is 17.3 Å². The topological polar surface area (TPSA) is 86.7 Å². The highest BCUT2D eigenvalue weighted by atomic mass is 32.2. The summed E-state index contributed by atoms with van der Waals surface area (Å²) in [7, 11) is 0. The molecule has 21 heavy (non-hydrogen) atoms. The van der Waals surface area contributed by atoms with Crippen molar-refractivity contribution >= 4 is 28.8 Å². The van der Waals surface area contributed by atoms with E-state index in [1.165, 1.54) is 22.5 Å². The molecule has 1 aromatic carbocycles. The van der Waals surface area contributed by atoms with Crippen molar-refractivity contribution in [2.75, 3.05) is 0 Å². The van der Waals surface area contributed by atoms with Crippen LogP contribution in [0.25, 0.3) is 0 Å². The Morgan fingerprint density at radius 3 is 2.62 bits per heavy atom. The van der Waals surface area contributed by atoms with Crippen molar-refractivity contribution in [3.05, 3.63) is 48.0 Å². The Morgan fingerprint density at radius 2 is 2.05 bits per heavy atom. The van der Waals surface area contributed by atoms with E-state index in [1.54, 1.807) is 18.2 Å². The number of hydrogen-bond donors (Lipinski definition) is 2. The lowest BCUT2D eigenvalue weighted by molar-refractivity contribution is -0.127. The predicted octanol–water partition coefficient (Wildman–Crippen LogP) is 1.95. The first-order chi connectivity index (χ1) is 10.1. The fourth-order valence-electron chi connectivity index (χ4n) is 1.95. The molecule has 2 rings (SSSR count). The average Bonchev–Trinajstić information content (AvgIpc) is 2.75. The van der Waals surface area contributed by atoms with Crippen LogP contribution in [0.5, 0.6) is 0 Å². The van der Waals surface area contributed by atoms with E-state index in [1.807, 2.05) is 0 Å². The summed E-state index contributed by atoms with van der Waals surface area (Å²) >= 11 is 1.01. The minimum atomic E-state index is -0.614. The van der Waals surface area contributed by atoms with E-state index in [0.29, 0.717) is 12.0 Å². The van der Waals surface area contributed by atoms with Gasteiger partial charge in [0.05, 0.1) is 11.8 Å². The van der Waals surface area contributed by atoms with Crippen LogP contribution in [0.1, 0.15) is 22.3 Å². The molecule has 2 N–H and O–H groups in total. The van der Waals surface area contributed by atoms with Crippen LogP contribution < -0.4 is 5.48 Å². The molecule has 1 aromatic rings. The molecule has 0 aliphatic carbocycles. The van der Waals surface area contributed by atoms with Gasteiger partial charge in [-0.1, -0.05) is 30.0 Å². The van der Waals surface area contributed by atoms with Crippen molar-refractivity contribution in [2.45, 2.75) is 18.2 Å². The highest BCUT2D eigenvalue weighted by molar-refractivity contribution is 8.15. The molecular formula is C14H14N2O4S. The van der Waals surface area contributed by atoms with Gasteiger partial charge in [0.1, 0.15) is 0 Å². The number of hydrogen-bond acceptors (Lipinski definition) is 5. The number of nitrogens with one attached hydrogen (secondary N) is 1. The van der Waals surface area contributed by atoms with Gasteiger partial charge in [-0.15, -0.1) is 6.58 Å². The summed E-state index contributed by atoms with van der Waals surface area (Å²) in [5.74, 6) is -0.835. The molecule has 0 aromatic heterocycles. The molecule has 0 spiro atoms. The van der Waals surface area contributed by atoms with Crippen LogP contribution in [0.3, 0.4) is 0 Å². The monoisotopic (exact) mass is 306 g/mol. The first-order valence-corrected chi connectivity index (χ1v) is 7.11. The molecule has 7 heteroatoms. The molecule has 1 aliphatic heterocycles. The molecular weight excluding hydrogens is 292 g/mol. The SMILES string of the molecule is C=CCC1SC(=O)N(Cc2ccc(C(=O)NO)cc2)C1=O. The Hall–Kier alpha value is -2.12. The molecule has 0 radical (unpaired) electrons. The quantitative estimate of drug-likeness (QED) is 0.493. The molecule has 6 nitrogen and oxygen atoms in total. The van der Waals surface area contributed by atoms with Gasteiger partial charge in [0.15, 0.2) is 0 Å².